The number of hydrazone groups is 1. The molecule has 0 saturated heterocycles. The van der Waals surface area contributed by atoms with Gasteiger partial charge in [0.1, 0.15) is 5.82 Å². The standard InChI is InChI=1S/C22H22ClF4N3OS/c1-21(10-3-11-32-2)13-30(29-19(21)14-4-7-16(23)8-5-14)20(31)28-18-9-6-15(12-17(18)24)22(25,26)27/h4-9,12H,3,10-11,13H2,1-2H3,(H,28,31). The molecule has 2 aromatic carbocycles. The Hall–Kier alpha value is -2.26. The van der Waals surface area contributed by atoms with Gasteiger partial charge in [-0.25, -0.2) is 14.2 Å². The van der Waals surface area contributed by atoms with Crippen LogP contribution in [0.4, 0.5) is 28.0 Å². The van der Waals surface area contributed by atoms with Crippen molar-refractivity contribution in [3.05, 3.63) is 64.4 Å². The average molecular weight is 488 g/mol. The molecule has 0 saturated carbocycles. The Labute approximate surface area is 193 Å². The van der Waals surface area contributed by atoms with Crippen LogP contribution in [0.25, 0.3) is 0 Å². The van der Waals surface area contributed by atoms with E-state index in [1.807, 2.05) is 25.3 Å². The molecule has 1 heterocycles. The van der Waals surface area contributed by atoms with Crippen LogP contribution in [0, 0.1) is 11.2 Å². The van der Waals surface area contributed by atoms with E-state index >= 15 is 0 Å². The molecule has 172 valence electrons. The molecule has 0 bridgehead atoms. The number of hydrogen-bond acceptors (Lipinski definition) is 3. The van der Waals surface area contributed by atoms with Crippen molar-refractivity contribution in [2.75, 3.05) is 23.9 Å². The first-order valence-electron chi connectivity index (χ1n) is 9.83. The maximum absolute atomic E-state index is 14.2. The molecule has 1 N–H and O–H groups in total. The molecule has 10 heteroatoms. The zero-order valence-electron chi connectivity index (χ0n) is 17.5. The van der Waals surface area contributed by atoms with Crippen molar-refractivity contribution in [1.82, 2.24) is 5.01 Å². The summed E-state index contributed by atoms with van der Waals surface area (Å²) >= 11 is 7.72. The van der Waals surface area contributed by atoms with Crippen LogP contribution < -0.4 is 5.32 Å². The number of anilines is 1. The van der Waals surface area contributed by atoms with Crippen molar-refractivity contribution in [3.63, 3.8) is 0 Å². The molecule has 0 fully saturated rings. The SMILES string of the molecule is CSCCCC1(C)CN(C(=O)Nc2ccc(C(F)(F)F)cc2F)N=C1c1ccc(Cl)cc1. The van der Waals surface area contributed by atoms with Crippen LogP contribution in [0.3, 0.4) is 0 Å². The second kappa shape index (κ2) is 9.70. The second-order valence-corrected chi connectivity index (χ2v) is 9.21. The summed E-state index contributed by atoms with van der Waals surface area (Å²) in [5.74, 6) is -0.219. The molecule has 32 heavy (non-hydrogen) atoms. The summed E-state index contributed by atoms with van der Waals surface area (Å²) in [5, 5.41) is 8.58. The van der Waals surface area contributed by atoms with Crippen molar-refractivity contribution in [1.29, 1.82) is 0 Å². The van der Waals surface area contributed by atoms with Crippen molar-refractivity contribution in [2.24, 2.45) is 10.5 Å². The molecule has 0 aliphatic carbocycles. The van der Waals surface area contributed by atoms with Crippen LogP contribution in [0.1, 0.15) is 30.9 Å². The lowest BCUT2D eigenvalue weighted by Crippen LogP contribution is -2.36. The van der Waals surface area contributed by atoms with E-state index in [1.54, 1.807) is 23.9 Å². The van der Waals surface area contributed by atoms with E-state index in [0.717, 1.165) is 36.3 Å². The van der Waals surface area contributed by atoms with Gasteiger partial charge in [0.05, 0.1) is 23.5 Å². The minimum atomic E-state index is -4.67. The van der Waals surface area contributed by atoms with E-state index in [2.05, 4.69) is 10.4 Å². The predicted molar refractivity (Wildman–Crippen MR) is 121 cm³/mol. The molecule has 1 aliphatic heterocycles. The summed E-state index contributed by atoms with van der Waals surface area (Å²) in [6.45, 7) is 2.26. The fourth-order valence-electron chi connectivity index (χ4n) is 3.59. The van der Waals surface area contributed by atoms with Crippen molar-refractivity contribution < 1.29 is 22.4 Å². The largest absolute Gasteiger partial charge is 0.416 e. The fourth-order valence-corrected chi connectivity index (χ4v) is 4.15. The monoisotopic (exact) mass is 487 g/mol. The highest BCUT2D eigenvalue weighted by Gasteiger charge is 2.41. The highest BCUT2D eigenvalue weighted by atomic mass is 35.5. The number of nitrogens with zero attached hydrogens (tertiary/aromatic N) is 2. The Morgan fingerprint density at radius 3 is 2.53 bits per heavy atom. The number of rotatable bonds is 6. The molecule has 1 atom stereocenters. The van der Waals surface area contributed by atoms with Gasteiger partial charge >= 0.3 is 12.2 Å². The van der Waals surface area contributed by atoms with Gasteiger partial charge in [-0.2, -0.15) is 30.0 Å². The zero-order chi connectivity index (χ0) is 23.5. The maximum atomic E-state index is 14.2. The number of nitrogens with one attached hydrogen (secondary N) is 1. The van der Waals surface area contributed by atoms with Crippen LogP contribution in [-0.2, 0) is 6.18 Å². The van der Waals surface area contributed by atoms with Gasteiger partial charge in [0.15, 0.2) is 0 Å². The smallest absolute Gasteiger partial charge is 0.304 e. The minimum absolute atomic E-state index is 0.257. The molecular formula is C22H22ClF4N3OS. The van der Waals surface area contributed by atoms with Crippen LogP contribution in [0.2, 0.25) is 5.02 Å². The second-order valence-electron chi connectivity index (χ2n) is 7.79. The first-order valence-corrected chi connectivity index (χ1v) is 11.6. The molecule has 1 unspecified atom stereocenters. The quantitative estimate of drug-likeness (QED) is 0.356. The number of carbonyl (C=O) groups is 1. The Kier molecular flexibility index (Phi) is 7.39. The Morgan fingerprint density at radius 1 is 1.25 bits per heavy atom. The molecular weight excluding hydrogens is 466 g/mol. The highest BCUT2D eigenvalue weighted by molar-refractivity contribution is 7.98. The highest BCUT2D eigenvalue weighted by Crippen LogP contribution is 2.37. The molecule has 2 amide bonds. The number of benzene rings is 2. The summed E-state index contributed by atoms with van der Waals surface area (Å²) < 4.78 is 52.5. The lowest BCUT2D eigenvalue weighted by molar-refractivity contribution is -0.137. The number of halogens is 5. The van der Waals surface area contributed by atoms with E-state index in [0.29, 0.717) is 16.8 Å². The lowest BCUT2D eigenvalue weighted by Gasteiger charge is -2.26. The normalized spacial score (nSPS) is 18.6. The molecule has 1 aliphatic rings. The third-order valence-corrected chi connectivity index (χ3v) is 6.21. The number of urea groups is 1. The average Bonchev–Trinajstić information content (AvgIpc) is 3.07. The fraction of sp³-hybridized carbons (Fsp3) is 0.364. The summed E-state index contributed by atoms with van der Waals surface area (Å²) in [4.78, 5) is 12.8. The topological polar surface area (TPSA) is 44.7 Å². The first-order chi connectivity index (χ1) is 15.0. The first kappa shape index (κ1) is 24.4. The maximum Gasteiger partial charge on any atom is 0.416 e. The molecule has 4 nitrogen and oxygen atoms in total. The van der Waals surface area contributed by atoms with Crippen molar-refractivity contribution in [2.45, 2.75) is 25.9 Å². The van der Waals surface area contributed by atoms with Gasteiger partial charge in [-0.15, -0.1) is 0 Å². The van der Waals surface area contributed by atoms with Crippen LogP contribution in [0.5, 0.6) is 0 Å². The van der Waals surface area contributed by atoms with Gasteiger partial charge in [0, 0.05) is 10.4 Å². The number of thioether (sulfide) groups is 1. The molecule has 0 aromatic heterocycles. The van der Waals surface area contributed by atoms with E-state index in [-0.39, 0.29) is 12.2 Å². The molecule has 2 aromatic rings. The number of hydrogen-bond donors (Lipinski definition) is 1. The van der Waals surface area contributed by atoms with E-state index < -0.39 is 29.0 Å². The van der Waals surface area contributed by atoms with Crippen LogP contribution >= 0.6 is 23.4 Å². The van der Waals surface area contributed by atoms with Gasteiger partial charge in [-0.05, 0) is 60.7 Å². The van der Waals surface area contributed by atoms with Gasteiger partial charge in [0.2, 0.25) is 0 Å². The summed E-state index contributed by atoms with van der Waals surface area (Å²) in [6, 6.07) is 8.38. The number of amides is 2. The van der Waals surface area contributed by atoms with Crippen LogP contribution in [-0.4, -0.2) is 35.3 Å². The third-order valence-electron chi connectivity index (χ3n) is 5.26. The lowest BCUT2D eigenvalue weighted by atomic mass is 9.78. The van der Waals surface area contributed by atoms with Crippen LogP contribution in [0.15, 0.2) is 47.6 Å². The van der Waals surface area contributed by atoms with Crippen molar-refractivity contribution >= 4 is 40.8 Å². The van der Waals surface area contributed by atoms with Crippen molar-refractivity contribution in [3.8, 4) is 0 Å². The Morgan fingerprint density at radius 2 is 1.94 bits per heavy atom. The molecule has 0 radical (unpaired) electrons. The number of carbonyl (C=O) groups excluding carboxylic acids is 1. The molecule has 0 spiro atoms. The minimum Gasteiger partial charge on any atom is -0.304 e. The van der Waals surface area contributed by atoms with Gasteiger partial charge < -0.3 is 5.32 Å². The zero-order valence-corrected chi connectivity index (χ0v) is 19.0. The van der Waals surface area contributed by atoms with E-state index in [1.165, 1.54) is 5.01 Å². The predicted octanol–water partition coefficient (Wildman–Crippen LogP) is 6.90. The summed E-state index contributed by atoms with van der Waals surface area (Å²) in [5.41, 5.74) is -0.393. The number of alkyl halides is 3. The Bertz CT molecular complexity index is 1010. The van der Waals surface area contributed by atoms with Gasteiger partial charge in [-0.3, -0.25) is 0 Å². The Balaban J connectivity index is 1.84. The summed E-state index contributed by atoms with van der Waals surface area (Å²) in [7, 11) is 0. The summed E-state index contributed by atoms with van der Waals surface area (Å²) in [6.07, 6.45) is -0.973. The van der Waals surface area contributed by atoms with Gasteiger partial charge in [0.25, 0.3) is 0 Å². The third kappa shape index (κ3) is 5.56. The van der Waals surface area contributed by atoms with Gasteiger partial charge in [-0.1, -0.05) is 30.7 Å². The van der Waals surface area contributed by atoms with E-state index in [4.69, 9.17) is 11.6 Å². The van der Waals surface area contributed by atoms with E-state index in [9.17, 15) is 22.4 Å². The molecule has 3 rings (SSSR count).